The Hall–Kier alpha value is -2.32. The molecule has 0 aliphatic rings. The summed E-state index contributed by atoms with van der Waals surface area (Å²) in [4.78, 5) is 8.90. The van der Waals surface area contributed by atoms with Crippen molar-refractivity contribution in [3.63, 3.8) is 0 Å². The first-order valence-corrected chi connectivity index (χ1v) is 6.98. The summed E-state index contributed by atoms with van der Waals surface area (Å²) < 4.78 is 0. The maximum Gasteiger partial charge on any atom is 0.139 e. The van der Waals surface area contributed by atoms with E-state index in [4.69, 9.17) is 11.6 Å². The molecule has 0 fully saturated rings. The number of anilines is 3. The molecule has 2 aromatic rings. The van der Waals surface area contributed by atoms with Gasteiger partial charge in [0, 0.05) is 24.1 Å². The Bertz CT molecular complexity index is 706. The first-order chi connectivity index (χ1) is 10.1. The fourth-order valence-electron chi connectivity index (χ4n) is 1.93. The van der Waals surface area contributed by atoms with Crippen LogP contribution in [0, 0.1) is 18.3 Å². The lowest BCUT2D eigenvalue weighted by atomic mass is 10.2. The molecule has 0 unspecified atom stereocenters. The quantitative estimate of drug-likeness (QED) is 0.901. The molecule has 21 heavy (non-hydrogen) atoms. The molecule has 0 radical (unpaired) electrons. The van der Waals surface area contributed by atoms with Crippen molar-refractivity contribution in [1.29, 1.82) is 5.26 Å². The van der Waals surface area contributed by atoms with Gasteiger partial charge in [0.05, 0.1) is 11.3 Å². The molecule has 1 aromatic heterocycles. The summed E-state index contributed by atoms with van der Waals surface area (Å²) in [7, 11) is 1.82. The van der Waals surface area contributed by atoms with E-state index in [0.717, 1.165) is 23.6 Å². The van der Waals surface area contributed by atoms with Crippen LogP contribution in [0.3, 0.4) is 0 Å². The van der Waals surface area contributed by atoms with E-state index < -0.39 is 0 Å². The molecule has 0 amide bonds. The van der Waals surface area contributed by atoms with Crippen LogP contribution in [0.1, 0.15) is 23.9 Å². The van der Waals surface area contributed by atoms with Gasteiger partial charge < -0.3 is 10.6 Å². The number of nitrogens with zero attached hydrogens (tertiary/aromatic N) is 3. The fourth-order valence-corrected chi connectivity index (χ4v) is 2.10. The third kappa shape index (κ3) is 3.23. The van der Waals surface area contributed by atoms with Crippen molar-refractivity contribution in [1.82, 2.24) is 9.97 Å². The van der Waals surface area contributed by atoms with Gasteiger partial charge in [0.15, 0.2) is 0 Å². The summed E-state index contributed by atoms with van der Waals surface area (Å²) in [6.07, 6.45) is 0.726. The Kier molecular flexibility index (Phi) is 4.61. The lowest BCUT2D eigenvalue weighted by molar-refractivity contribution is 0.935. The molecule has 108 valence electrons. The molecule has 0 saturated heterocycles. The Morgan fingerprint density at radius 3 is 2.62 bits per heavy atom. The number of hydrogen-bond acceptors (Lipinski definition) is 5. The zero-order chi connectivity index (χ0) is 15.4. The van der Waals surface area contributed by atoms with Gasteiger partial charge in [0.2, 0.25) is 0 Å². The lowest BCUT2D eigenvalue weighted by Crippen LogP contribution is -2.07. The highest BCUT2D eigenvalue weighted by atomic mass is 35.5. The molecule has 0 aliphatic carbocycles. The van der Waals surface area contributed by atoms with Crippen molar-refractivity contribution in [2.75, 3.05) is 17.7 Å². The highest BCUT2D eigenvalue weighted by molar-refractivity contribution is 6.30. The van der Waals surface area contributed by atoms with Crippen LogP contribution in [0.2, 0.25) is 5.02 Å². The second-order valence-electron chi connectivity index (χ2n) is 4.49. The topological polar surface area (TPSA) is 73.6 Å². The summed E-state index contributed by atoms with van der Waals surface area (Å²) in [6.45, 7) is 3.91. The lowest BCUT2D eigenvalue weighted by Gasteiger charge is -2.14. The minimum atomic E-state index is 0.515. The van der Waals surface area contributed by atoms with Crippen LogP contribution in [-0.2, 0) is 6.42 Å². The molecule has 2 rings (SSSR count). The smallest absolute Gasteiger partial charge is 0.139 e. The van der Waals surface area contributed by atoms with E-state index in [1.54, 1.807) is 18.2 Å². The Labute approximate surface area is 129 Å². The highest BCUT2D eigenvalue weighted by Crippen LogP contribution is 2.27. The van der Waals surface area contributed by atoms with Crippen molar-refractivity contribution >= 4 is 28.9 Å². The van der Waals surface area contributed by atoms with Crippen molar-refractivity contribution in [3.05, 3.63) is 40.2 Å². The number of nitriles is 1. The first-order valence-electron chi connectivity index (χ1n) is 6.61. The molecule has 6 heteroatoms. The zero-order valence-electron chi connectivity index (χ0n) is 12.2. The average Bonchev–Trinajstić information content (AvgIpc) is 2.49. The molecule has 0 spiro atoms. The second kappa shape index (κ2) is 6.42. The average molecular weight is 302 g/mol. The molecule has 1 heterocycles. The van der Waals surface area contributed by atoms with E-state index >= 15 is 0 Å². The predicted octanol–water partition coefficient (Wildman–Crippen LogP) is 3.66. The Balaban J connectivity index is 2.49. The van der Waals surface area contributed by atoms with Crippen molar-refractivity contribution < 1.29 is 0 Å². The molecular formula is C15H16ClN5. The SMILES string of the molecule is CCc1nc(NC)c(C)c(Nc2cc(Cl)ccc2C#N)n1. The molecule has 0 saturated carbocycles. The molecule has 1 aromatic carbocycles. The number of halogens is 1. The molecular weight excluding hydrogens is 286 g/mol. The Morgan fingerprint density at radius 2 is 2.00 bits per heavy atom. The van der Waals surface area contributed by atoms with Gasteiger partial charge in [-0.1, -0.05) is 18.5 Å². The van der Waals surface area contributed by atoms with Crippen LogP contribution < -0.4 is 10.6 Å². The van der Waals surface area contributed by atoms with Crippen LogP contribution in [0.25, 0.3) is 0 Å². The number of aryl methyl sites for hydroxylation is 1. The van der Waals surface area contributed by atoms with E-state index in [1.807, 2.05) is 20.9 Å². The molecule has 0 atom stereocenters. The third-order valence-electron chi connectivity index (χ3n) is 3.10. The summed E-state index contributed by atoms with van der Waals surface area (Å²) in [5.41, 5.74) is 2.04. The highest BCUT2D eigenvalue weighted by Gasteiger charge is 2.11. The number of hydrogen-bond donors (Lipinski definition) is 2. The summed E-state index contributed by atoms with van der Waals surface area (Å²) >= 11 is 6.00. The van der Waals surface area contributed by atoms with Crippen LogP contribution in [0.4, 0.5) is 17.3 Å². The zero-order valence-corrected chi connectivity index (χ0v) is 12.9. The van der Waals surface area contributed by atoms with Gasteiger partial charge in [-0.05, 0) is 25.1 Å². The van der Waals surface area contributed by atoms with Gasteiger partial charge in [-0.3, -0.25) is 0 Å². The van der Waals surface area contributed by atoms with Gasteiger partial charge in [-0.2, -0.15) is 5.26 Å². The maximum atomic E-state index is 9.18. The van der Waals surface area contributed by atoms with Crippen LogP contribution in [-0.4, -0.2) is 17.0 Å². The third-order valence-corrected chi connectivity index (χ3v) is 3.34. The van der Waals surface area contributed by atoms with E-state index in [-0.39, 0.29) is 0 Å². The molecule has 5 nitrogen and oxygen atoms in total. The first kappa shape index (κ1) is 15.1. The summed E-state index contributed by atoms with van der Waals surface area (Å²) in [6, 6.07) is 7.22. The normalized spacial score (nSPS) is 10.0. The van der Waals surface area contributed by atoms with Crippen molar-refractivity contribution in [2.24, 2.45) is 0 Å². The van der Waals surface area contributed by atoms with Crippen LogP contribution in [0.5, 0.6) is 0 Å². The predicted molar refractivity (Wildman–Crippen MR) is 85.1 cm³/mol. The second-order valence-corrected chi connectivity index (χ2v) is 4.93. The van der Waals surface area contributed by atoms with Gasteiger partial charge in [-0.25, -0.2) is 9.97 Å². The summed E-state index contributed by atoms with van der Waals surface area (Å²) in [5, 5.41) is 16.0. The van der Waals surface area contributed by atoms with Gasteiger partial charge in [0.25, 0.3) is 0 Å². The number of aromatic nitrogens is 2. The van der Waals surface area contributed by atoms with Gasteiger partial charge >= 0.3 is 0 Å². The van der Waals surface area contributed by atoms with Crippen LogP contribution in [0.15, 0.2) is 18.2 Å². The largest absolute Gasteiger partial charge is 0.373 e. The number of benzene rings is 1. The maximum absolute atomic E-state index is 9.18. The minimum Gasteiger partial charge on any atom is -0.373 e. The van der Waals surface area contributed by atoms with E-state index in [2.05, 4.69) is 26.7 Å². The van der Waals surface area contributed by atoms with Crippen molar-refractivity contribution in [2.45, 2.75) is 20.3 Å². The number of nitrogens with one attached hydrogen (secondary N) is 2. The molecule has 0 aliphatic heterocycles. The van der Waals surface area contributed by atoms with Gasteiger partial charge in [0.1, 0.15) is 23.5 Å². The van der Waals surface area contributed by atoms with Crippen molar-refractivity contribution in [3.8, 4) is 6.07 Å². The number of rotatable bonds is 4. The van der Waals surface area contributed by atoms with Gasteiger partial charge in [-0.15, -0.1) is 0 Å². The van der Waals surface area contributed by atoms with E-state index in [9.17, 15) is 5.26 Å². The van der Waals surface area contributed by atoms with E-state index in [1.165, 1.54) is 0 Å². The standard InChI is InChI=1S/C15H16ClN5/c1-4-13-20-14(18-3)9(2)15(21-13)19-12-7-11(16)6-5-10(12)8-17/h5-7H,4H2,1-3H3,(H2,18,19,20,21). The monoisotopic (exact) mass is 301 g/mol. The minimum absolute atomic E-state index is 0.515. The Morgan fingerprint density at radius 1 is 1.29 bits per heavy atom. The molecule has 2 N–H and O–H groups in total. The van der Waals surface area contributed by atoms with E-state index in [0.29, 0.717) is 22.1 Å². The molecule has 0 bridgehead atoms. The summed E-state index contributed by atoms with van der Waals surface area (Å²) in [5.74, 6) is 2.17. The van der Waals surface area contributed by atoms with Crippen LogP contribution >= 0.6 is 11.6 Å². The fraction of sp³-hybridized carbons (Fsp3) is 0.267.